The number of nitrogens with zero attached hydrogens (tertiary/aromatic N) is 1. The molecule has 2 N–H and O–H groups in total. The number of rotatable bonds is 4. The summed E-state index contributed by atoms with van der Waals surface area (Å²) in [5.74, 6) is -0.454. The minimum atomic E-state index is -0.454. The lowest BCUT2D eigenvalue weighted by molar-refractivity contribution is 0.0949. The molecule has 0 unspecified atom stereocenters. The van der Waals surface area contributed by atoms with Gasteiger partial charge in [-0.3, -0.25) is 9.59 Å². The van der Waals surface area contributed by atoms with Crippen molar-refractivity contribution in [3.8, 4) is 17.3 Å². The average molecular weight is 343 g/mol. The number of aryl methyl sites for hydroxylation is 1. The number of amides is 1. The molecule has 3 aromatic rings. The molecule has 0 bridgehead atoms. The molecule has 5 heteroatoms. The van der Waals surface area contributed by atoms with Crippen molar-refractivity contribution in [1.82, 2.24) is 10.3 Å². The molecule has 1 amide bonds. The van der Waals surface area contributed by atoms with Crippen molar-refractivity contribution in [2.45, 2.75) is 13.5 Å². The molecule has 0 fully saturated rings. The monoisotopic (exact) mass is 343 g/mol. The molecule has 2 aromatic carbocycles. The number of hydrogen-bond acceptors (Lipinski definition) is 3. The second-order valence-electron chi connectivity index (χ2n) is 5.98. The molecule has 0 aliphatic rings. The zero-order valence-electron chi connectivity index (χ0n) is 14.2. The van der Waals surface area contributed by atoms with E-state index in [1.165, 1.54) is 6.07 Å². The molecule has 0 saturated heterocycles. The molecule has 3 rings (SSSR count). The van der Waals surface area contributed by atoms with Gasteiger partial charge in [-0.15, -0.1) is 0 Å². The van der Waals surface area contributed by atoms with Crippen molar-refractivity contribution in [2.75, 3.05) is 0 Å². The maximum Gasteiger partial charge on any atom is 0.261 e. The van der Waals surface area contributed by atoms with Crippen molar-refractivity contribution in [3.63, 3.8) is 0 Å². The van der Waals surface area contributed by atoms with E-state index in [0.29, 0.717) is 11.3 Å². The molecule has 1 aromatic heterocycles. The van der Waals surface area contributed by atoms with Crippen LogP contribution in [0.4, 0.5) is 0 Å². The lowest BCUT2D eigenvalue weighted by Gasteiger charge is -2.07. The predicted molar refractivity (Wildman–Crippen MR) is 99.6 cm³/mol. The van der Waals surface area contributed by atoms with E-state index in [0.717, 1.165) is 16.7 Å². The van der Waals surface area contributed by atoms with Crippen LogP contribution < -0.4 is 10.9 Å². The topological polar surface area (TPSA) is 85.8 Å². The summed E-state index contributed by atoms with van der Waals surface area (Å²) in [5.41, 5.74) is 3.58. The molecular weight excluding hydrogens is 326 g/mol. The number of pyridine rings is 1. The van der Waals surface area contributed by atoms with Crippen LogP contribution in [-0.2, 0) is 6.54 Å². The fraction of sp³-hybridized carbons (Fsp3) is 0.0952. The lowest BCUT2D eigenvalue weighted by Crippen LogP contribution is -2.29. The Kier molecular flexibility index (Phi) is 4.95. The first-order valence-electron chi connectivity index (χ1n) is 8.14. The third-order valence-corrected chi connectivity index (χ3v) is 3.99. The highest BCUT2D eigenvalue weighted by Crippen LogP contribution is 2.17. The second kappa shape index (κ2) is 7.49. The van der Waals surface area contributed by atoms with Gasteiger partial charge in [0.1, 0.15) is 5.56 Å². The number of hydrogen-bond donors (Lipinski definition) is 2. The summed E-state index contributed by atoms with van der Waals surface area (Å²) < 4.78 is 0. The van der Waals surface area contributed by atoms with Gasteiger partial charge in [0.25, 0.3) is 11.5 Å². The van der Waals surface area contributed by atoms with E-state index in [9.17, 15) is 9.59 Å². The molecule has 0 atom stereocenters. The number of H-pyrrole nitrogens is 1. The molecule has 0 aliphatic heterocycles. The minimum Gasteiger partial charge on any atom is -0.348 e. The SMILES string of the molecule is Cc1cccc(-c2ccc(C(=O)NCc3cccc(C#N)c3)c(=O)[nH]2)c1. The van der Waals surface area contributed by atoms with Crippen molar-refractivity contribution in [2.24, 2.45) is 0 Å². The summed E-state index contributed by atoms with van der Waals surface area (Å²) in [6.07, 6.45) is 0. The zero-order valence-corrected chi connectivity index (χ0v) is 14.2. The Labute approximate surface area is 150 Å². The van der Waals surface area contributed by atoms with Crippen LogP contribution in [0.2, 0.25) is 0 Å². The van der Waals surface area contributed by atoms with Crippen molar-refractivity contribution < 1.29 is 4.79 Å². The first-order chi connectivity index (χ1) is 12.6. The second-order valence-corrected chi connectivity index (χ2v) is 5.98. The van der Waals surface area contributed by atoms with E-state index in [1.807, 2.05) is 37.3 Å². The quantitative estimate of drug-likeness (QED) is 0.763. The minimum absolute atomic E-state index is 0.0536. The van der Waals surface area contributed by atoms with Crippen molar-refractivity contribution >= 4 is 5.91 Å². The van der Waals surface area contributed by atoms with E-state index < -0.39 is 11.5 Å². The number of nitrogens with one attached hydrogen (secondary N) is 2. The number of aromatic nitrogens is 1. The predicted octanol–water partition coefficient (Wildman–Crippen LogP) is 3.15. The van der Waals surface area contributed by atoms with Gasteiger partial charge in [0, 0.05) is 12.2 Å². The molecule has 0 spiro atoms. The number of aromatic amines is 1. The Morgan fingerprint density at radius 3 is 2.65 bits per heavy atom. The maximum absolute atomic E-state index is 12.3. The standard InChI is InChI=1S/C21H17N3O2/c1-14-4-2-7-17(10-14)19-9-8-18(21(26)24-19)20(25)23-13-16-6-3-5-15(11-16)12-22/h2-11H,13H2,1H3,(H,23,25)(H,24,26). The summed E-state index contributed by atoms with van der Waals surface area (Å²) in [6.45, 7) is 2.22. The van der Waals surface area contributed by atoms with E-state index >= 15 is 0 Å². The van der Waals surface area contributed by atoms with Gasteiger partial charge >= 0.3 is 0 Å². The zero-order chi connectivity index (χ0) is 18.5. The molecule has 128 valence electrons. The van der Waals surface area contributed by atoms with Crippen LogP contribution in [0.25, 0.3) is 11.3 Å². The van der Waals surface area contributed by atoms with Gasteiger partial charge in [0.2, 0.25) is 0 Å². The fourth-order valence-electron chi connectivity index (χ4n) is 2.66. The van der Waals surface area contributed by atoms with Crippen molar-refractivity contribution in [3.05, 3.63) is 93.3 Å². The first kappa shape index (κ1) is 17.2. The van der Waals surface area contributed by atoms with Gasteiger partial charge in [0.05, 0.1) is 11.6 Å². The molecule has 0 saturated carbocycles. The Morgan fingerprint density at radius 1 is 1.12 bits per heavy atom. The molecule has 26 heavy (non-hydrogen) atoms. The normalized spacial score (nSPS) is 10.2. The van der Waals surface area contributed by atoms with Crippen LogP contribution >= 0.6 is 0 Å². The first-order valence-corrected chi connectivity index (χ1v) is 8.14. The van der Waals surface area contributed by atoms with E-state index in [1.54, 1.807) is 24.3 Å². The van der Waals surface area contributed by atoms with Crippen LogP contribution in [-0.4, -0.2) is 10.9 Å². The van der Waals surface area contributed by atoms with Crippen molar-refractivity contribution in [1.29, 1.82) is 5.26 Å². The Hall–Kier alpha value is -3.65. The van der Waals surface area contributed by atoms with Crippen LogP contribution in [0.15, 0.2) is 65.5 Å². The van der Waals surface area contributed by atoms with Gasteiger partial charge in [0.15, 0.2) is 0 Å². The van der Waals surface area contributed by atoms with Gasteiger partial charge in [-0.2, -0.15) is 5.26 Å². The summed E-state index contributed by atoms with van der Waals surface area (Å²) >= 11 is 0. The largest absolute Gasteiger partial charge is 0.348 e. The molecular formula is C21H17N3O2. The highest BCUT2D eigenvalue weighted by atomic mass is 16.2. The lowest BCUT2D eigenvalue weighted by atomic mass is 10.1. The van der Waals surface area contributed by atoms with Gasteiger partial charge < -0.3 is 10.3 Å². The van der Waals surface area contributed by atoms with Crippen LogP contribution in [0, 0.1) is 18.3 Å². The third-order valence-electron chi connectivity index (χ3n) is 3.99. The highest BCUT2D eigenvalue weighted by molar-refractivity contribution is 5.94. The number of carbonyl (C=O) groups excluding carboxylic acids is 1. The fourth-order valence-corrected chi connectivity index (χ4v) is 2.66. The number of nitriles is 1. The highest BCUT2D eigenvalue weighted by Gasteiger charge is 2.11. The van der Waals surface area contributed by atoms with E-state index in [-0.39, 0.29) is 12.1 Å². The van der Waals surface area contributed by atoms with Gasteiger partial charge in [-0.25, -0.2) is 0 Å². The number of benzene rings is 2. The summed E-state index contributed by atoms with van der Waals surface area (Å²) in [4.78, 5) is 27.3. The average Bonchev–Trinajstić information content (AvgIpc) is 2.66. The Morgan fingerprint density at radius 2 is 1.92 bits per heavy atom. The van der Waals surface area contributed by atoms with E-state index in [2.05, 4.69) is 16.4 Å². The molecule has 1 heterocycles. The third kappa shape index (κ3) is 3.87. The Bertz CT molecular complexity index is 1060. The van der Waals surface area contributed by atoms with Crippen LogP contribution in [0.5, 0.6) is 0 Å². The summed E-state index contributed by atoms with van der Waals surface area (Å²) in [6, 6.07) is 20.0. The number of carbonyl (C=O) groups is 1. The molecule has 0 aliphatic carbocycles. The van der Waals surface area contributed by atoms with Gasteiger partial charge in [-0.1, -0.05) is 35.9 Å². The summed E-state index contributed by atoms with van der Waals surface area (Å²) in [5, 5.41) is 11.6. The maximum atomic E-state index is 12.3. The smallest absolute Gasteiger partial charge is 0.261 e. The van der Waals surface area contributed by atoms with Gasteiger partial charge in [-0.05, 0) is 48.4 Å². The molecule has 5 nitrogen and oxygen atoms in total. The molecule has 0 radical (unpaired) electrons. The van der Waals surface area contributed by atoms with E-state index in [4.69, 9.17) is 5.26 Å². The van der Waals surface area contributed by atoms with Crippen LogP contribution in [0.1, 0.15) is 27.0 Å². The van der Waals surface area contributed by atoms with Crippen LogP contribution in [0.3, 0.4) is 0 Å². The summed E-state index contributed by atoms with van der Waals surface area (Å²) in [7, 11) is 0. The Balaban J connectivity index is 1.76.